The Kier molecular flexibility index (Phi) is 5.49. The zero-order valence-corrected chi connectivity index (χ0v) is 11.7. The maximum absolute atomic E-state index is 6.00. The summed E-state index contributed by atoms with van der Waals surface area (Å²) in [7, 11) is 0. The van der Waals surface area contributed by atoms with Crippen LogP contribution in [0.1, 0.15) is 38.3 Å². The molecule has 2 nitrogen and oxygen atoms in total. The minimum Gasteiger partial charge on any atom is -0.490 e. The lowest BCUT2D eigenvalue weighted by Crippen LogP contribution is -2.30. The van der Waals surface area contributed by atoms with Crippen LogP contribution in [0.4, 0.5) is 0 Å². The molecule has 0 heterocycles. The lowest BCUT2D eigenvalue weighted by molar-refractivity contribution is 0.195. The van der Waals surface area contributed by atoms with Crippen molar-refractivity contribution >= 4 is 0 Å². The molecule has 0 saturated carbocycles. The van der Waals surface area contributed by atoms with Gasteiger partial charge in [0.2, 0.25) is 0 Å². The van der Waals surface area contributed by atoms with Gasteiger partial charge in [-0.3, -0.25) is 0 Å². The SMILES string of the molecule is CCNC(C)CC(C)Oc1cccc(C)c1C. The fourth-order valence-electron chi connectivity index (χ4n) is 2.05. The first-order valence-electron chi connectivity index (χ1n) is 6.50. The van der Waals surface area contributed by atoms with Crippen LogP contribution in [-0.4, -0.2) is 18.7 Å². The second-order valence-corrected chi connectivity index (χ2v) is 4.82. The summed E-state index contributed by atoms with van der Waals surface area (Å²) >= 11 is 0. The summed E-state index contributed by atoms with van der Waals surface area (Å²) in [6, 6.07) is 6.73. The lowest BCUT2D eigenvalue weighted by Gasteiger charge is -2.21. The van der Waals surface area contributed by atoms with E-state index >= 15 is 0 Å². The maximum Gasteiger partial charge on any atom is 0.122 e. The number of ether oxygens (including phenoxy) is 1. The number of nitrogens with one attached hydrogen (secondary N) is 1. The second kappa shape index (κ2) is 6.65. The number of rotatable bonds is 6. The van der Waals surface area contributed by atoms with Gasteiger partial charge in [-0.25, -0.2) is 0 Å². The maximum atomic E-state index is 6.00. The highest BCUT2D eigenvalue weighted by molar-refractivity contribution is 5.38. The summed E-state index contributed by atoms with van der Waals surface area (Å²) in [5, 5.41) is 3.41. The Labute approximate surface area is 105 Å². The van der Waals surface area contributed by atoms with Crippen molar-refractivity contribution in [2.75, 3.05) is 6.54 Å². The number of hydrogen-bond donors (Lipinski definition) is 1. The van der Waals surface area contributed by atoms with Gasteiger partial charge in [0.25, 0.3) is 0 Å². The molecule has 1 rings (SSSR count). The molecule has 0 aromatic heterocycles. The molecular weight excluding hydrogens is 210 g/mol. The van der Waals surface area contributed by atoms with Gasteiger partial charge in [0.1, 0.15) is 5.75 Å². The van der Waals surface area contributed by atoms with E-state index in [0.29, 0.717) is 6.04 Å². The fraction of sp³-hybridized carbons (Fsp3) is 0.600. The minimum absolute atomic E-state index is 0.240. The Bertz CT molecular complexity index is 349. The third-order valence-electron chi connectivity index (χ3n) is 3.12. The van der Waals surface area contributed by atoms with Gasteiger partial charge in [-0.05, 0) is 57.9 Å². The van der Waals surface area contributed by atoms with Gasteiger partial charge in [-0.2, -0.15) is 0 Å². The smallest absolute Gasteiger partial charge is 0.122 e. The van der Waals surface area contributed by atoms with Crippen LogP contribution in [0.3, 0.4) is 0 Å². The Hall–Kier alpha value is -1.02. The lowest BCUT2D eigenvalue weighted by atomic mass is 10.1. The summed E-state index contributed by atoms with van der Waals surface area (Å²) < 4.78 is 6.00. The van der Waals surface area contributed by atoms with Crippen LogP contribution in [-0.2, 0) is 0 Å². The van der Waals surface area contributed by atoms with Crippen molar-refractivity contribution in [3.63, 3.8) is 0 Å². The van der Waals surface area contributed by atoms with Crippen LogP contribution in [0.2, 0.25) is 0 Å². The molecule has 0 amide bonds. The van der Waals surface area contributed by atoms with E-state index in [1.54, 1.807) is 0 Å². The standard InChI is InChI=1S/C15H25NO/c1-6-16-12(3)10-13(4)17-15-9-7-8-11(2)14(15)5/h7-9,12-13,16H,6,10H2,1-5H3. The second-order valence-electron chi connectivity index (χ2n) is 4.82. The topological polar surface area (TPSA) is 21.3 Å². The van der Waals surface area contributed by atoms with E-state index in [4.69, 9.17) is 4.74 Å². The molecule has 2 atom stereocenters. The molecule has 0 bridgehead atoms. The van der Waals surface area contributed by atoms with Gasteiger partial charge in [0, 0.05) is 6.04 Å². The Morgan fingerprint density at radius 2 is 1.94 bits per heavy atom. The molecule has 2 heteroatoms. The quantitative estimate of drug-likeness (QED) is 0.815. The van der Waals surface area contributed by atoms with Gasteiger partial charge in [0.15, 0.2) is 0 Å². The molecule has 0 spiro atoms. The zero-order valence-electron chi connectivity index (χ0n) is 11.7. The number of aryl methyl sites for hydroxylation is 1. The van der Waals surface area contributed by atoms with Crippen LogP contribution in [0.15, 0.2) is 18.2 Å². The number of hydrogen-bond acceptors (Lipinski definition) is 2. The molecule has 0 fully saturated rings. The zero-order chi connectivity index (χ0) is 12.8. The Morgan fingerprint density at radius 3 is 2.59 bits per heavy atom. The molecule has 0 radical (unpaired) electrons. The van der Waals surface area contributed by atoms with E-state index in [9.17, 15) is 0 Å². The average Bonchev–Trinajstić information content (AvgIpc) is 2.25. The molecule has 17 heavy (non-hydrogen) atoms. The van der Waals surface area contributed by atoms with Crippen LogP contribution in [0.25, 0.3) is 0 Å². The van der Waals surface area contributed by atoms with Gasteiger partial charge in [-0.15, -0.1) is 0 Å². The van der Waals surface area contributed by atoms with E-state index in [-0.39, 0.29) is 6.10 Å². The molecule has 0 aliphatic heterocycles. The Morgan fingerprint density at radius 1 is 1.24 bits per heavy atom. The van der Waals surface area contributed by atoms with E-state index < -0.39 is 0 Å². The van der Waals surface area contributed by atoms with Crippen LogP contribution in [0, 0.1) is 13.8 Å². The molecule has 0 aliphatic rings. The molecule has 1 aromatic carbocycles. The molecule has 2 unspecified atom stereocenters. The highest BCUT2D eigenvalue weighted by atomic mass is 16.5. The van der Waals surface area contributed by atoms with Crippen molar-refractivity contribution in [2.24, 2.45) is 0 Å². The van der Waals surface area contributed by atoms with Crippen LogP contribution < -0.4 is 10.1 Å². The summed E-state index contributed by atoms with van der Waals surface area (Å²) in [5.41, 5.74) is 2.53. The third kappa shape index (κ3) is 4.39. The molecule has 1 N–H and O–H groups in total. The van der Waals surface area contributed by atoms with Crippen molar-refractivity contribution in [3.8, 4) is 5.75 Å². The molecule has 96 valence electrons. The van der Waals surface area contributed by atoms with Crippen molar-refractivity contribution in [2.45, 2.75) is 53.2 Å². The first kappa shape index (κ1) is 14.0. The van der Waals surface area contributed by atoms with E-state index in [0.717, 1.165) is 18.7 Å². The van der Waals surface area contributed by atoms with Gasteiger partial charge in [-0.1, -0.05) is 19.1 Å². The molecule has 1 aromatic rings. The normalized spacial score (nSPS) is 14.4. The summed E-state index contributed by atoms with van der Waals surface area (Å²) in [5.74, 6) is 1.01. The van der Waals surface area contributed by atoms with Crippen LogP contribution >= 0.6 is 0 Å². The van der Waals surface area contributed by atoms with Gasteiger partial charge >= 0.3 is 0 Å². The van der Waals surface area contributed by atoms with Crippen molar-refractivity contribution in [1.82, 2.24) is 5.32 Å². The Balaban J connectivity index is 2.56. The minimum atomic E-state index is 0.240. The van der Waals surface area contributed by atoms with Crippen molar-refractivity contribution in [1.29, 1.82) is 0 Å². The highest BCUT2D eigenvalue weighted by Crippen LogP contribution is 2.22. The molecule has 0 saturated heterocycles. The molecular formula is C15H25NO. The first-order chi connectivity index (χ1) is 8.04. The molecule has 0 aliphatic carbocycles. The van der Waals surface area contributed by atoms with E-state index in [2.05, 4.69) is 58.1 Å². The monoisotopic (exact) mass is 235 g/mol. The van der Waals surface area contributed by atoms with Crippen LogP contribution in [0.5, 0.6) is 5.75 Å². The average molecular weight is 235 g/mol. The predicted molar refractivity (Wildman–Crippen MR) is 73.8 cm³/mol. The number of benzene rings is 1. The van der Waals surface area contributed by atoms with Crippen molar-refractivity contribution in [3.05, 3.63) is 29.3 Å². The fourth-order valence-corrected chi connectivity index (χ4v) is 2.05. The summed E-state index contributed by atoms with van der Waals surface area (Å²) in [6.07, 6.45) is 1.27. The predicted octanol–water partition coefficient (Wildman–Crippen LogP) is 3.46. The first-order valence-corrected chi connectivity index (χ1v) is 6.50. The summed E-state index contributed by atoms with van der Waals surface area (Å²) in [4.78, 5) is 0. The van der Waals surface area contributed by atoms with E-state index in [1.807, 2.05) is 0 Å². The largest absolute Gasteiger partial charge is 0.490 e. The highest BCUT2D eigenvalue weighted by Gasteiger charge is 2.10. The summed E-state index contributed by atoms with van der Waals surface area (Å²) in [6.45, 7) is 11.7. The van der Waals surface area contributed by atoms with Crippen molar-refractivity contribution < 1.29 is 4.74 Å². The van der Waals surface area contributed by atoms with E-state index in [1.165, 1.54) is 11.1 Å². The van der Waals surface area contributed by atoms with Gasteiger partial charge < -0.3 is 10.1 Å². The third-order valence-corrected chi connectivity index (χ3v) is 3.12. The van der Waals surface area contributed by atoms with Gasteiger partial charge in [0.05, 0.1) is 6.10 Å².